The highest BCUT2D eigenvalue weighted by Gasteiger charge is 2.13. The molecule has 0 saturated heterocycles. The molecular weight excluding hydrogens is 388 g/mol. The largest absolute Gasteiger partial charge is 0.256 e. The minimum Gasteiger partial charge on any atom is -0.256 e. The van der Waals surface area contributed by atoms with Gasteiger partial charge in [-0.3, -0.25) is 9.97 Å². The van der Waals surface area contributed by atoms with Gasteiger partial charge in [0.15, 0.2) is 0 Å². The summed E-state index contributed by atoms with van der Waals surface area (Å²) >= 11 is 0. The second kappa shape index (κ2) is 8.05. The maximum absolute atomic E-state index is 4.37. The first-order valence-corrected chi connectivity index (χ1v) is 11.4. The third-order valence-corrected chi connectivity index (χ3v) is 6.61. The van der Waals surface area contributed by atoms with Gasteiger partial charge in [0, 0.05) is 23.2 Å². The lowest BCUT2D eigenvalue weighted by Gasteiger charge is -2.18. The third kappa shape index (κ3) is 3.29. The van der Waals surface area contributed by atoms with Gasteiger partial charge in [0.2, 0.25) is 0 Å². The molecule has 0 spiro atoms. The number of fused-ring (bicyclic) bond motifs is 8. The van der Waals surface area contributed by atoms with Gasteiger partial charge < -0.3 is 0 Å². The Bertz CT molecular complexity index is 1530. The number of aryl methyl sites for hydroxylation is 2. The van der Waals surface area contributed by atoms with Gasteiger partial charge in [-0.15, -0.1) is 0 Å². The summed E-state index contributed by atoms with van der Waals surface area (Å²) in [7, 11) is 0. The predicted molar refractivity (Wildman–Crippen MR) is 135 cm³/mol. The molecule has 1 aliphatic carbocycles. The van der Waals surface area contributed by atoms with Crippen molar-refractivity contribution in [1.82, 2.24) is 9.97 Å². The van der Waals surface area contributed by atoms with Crippen LogP contribution in [0.15, 0.2) is 97.3 Å². The lowest BCUT2D eigenvalue weighted by atomic mass is 9.86. The summed E-state index contributed by atoms with van der Waals surface area (Å²) in [5.74, 6) is 0. The average molecular weight is 413 g/mol. The SMILES string of the molecule is c1ccc2c(c1)ccc1c3c(ccc12)CCCC3.c1cnc2c(c1)ccc1ncccc12. The van der Waals surface area contributed by atoms with E-state index in [1.165, 1.54) is 47.2 Å². The first-order chi connectivity index (χ1) is 15.9. The van der Waals surface area contributed by atoms with Gasteiger partial charge in [-0.25, -0.2) is 0 Å². The van der Waals surface area contributed by atoms with E-state index in [1.807, 2.05) is 24.4 Å². The molecule has 0 unspecified atom stereocenters. The molecule has 0 atom stereocenters. The lowest BCUT2D eigenvalue weighted by molar-refractivity contribution is 0.690. The number of hydrogen-bond donors (Lipinski definition) is 0. The average Bonchev–Trinajstić information content (AvgIpc) is 2.88. The molecule has 0 amide bonds. The van der Waals surface area contributed by atoms with Crippen LogP contribution in [-0.4, -0.2) is 9.97 Å². The summed E-state index contributed by atoms with van der Waals surface area (Å²) in [6.45, 7) is 0. The standard InChI is InChI=1S/C18H16.C12H8N2/c1-3-7-15-13(5-1)9-11-18-16-8-4-2-6-14(16)10-12-17(15)18;1-3-9-5-6-11-10(4-2-7-13-11)12(9)14-8-1/h1,3,5,7,9-12H,2,4,6,8H2;1-8H. The minimum atomic E-state index is 0.999. The van der Waals surface area contributed by atoms with Crippen molar-refractivity contribution in [3.8, 4) is 0 Å². The van der Waals surface area contributed by atoms with Crippen molar-refractivity contribution in [3.63, 3.8) is 0 Å². The summed E-state index contributed by atoms with van der Waals surface area (Å²) in [4.78, 5) is 8.66. The van der Waals surface area contributed by atoms with Gasteiger partial charge in [-0.05, 0) is 82.6 Å². The zero-order chi connectivity index (χ0) is 21.3. The summed E-state index contributed by atoms with van der Waals surface area (Å²) in [6.07, 6.45) is 8.83. The van der Waals surface area contributed by atoms with E-state index >= 15 is 0 Å². The van der Waals surface area contributed by atoms with Crippen LogP contribution in [0.5, 0.6) is 0 Å². The number of aromatic nitrogens is 2. The molecule has 1 aliphatic rings. The van der Waals surface area contributed by atoms with Crippen molar-refractivity contribution in [3.05, 3.63) is 108 Å². The molecule has 0 N–H and O–H groups in total. The van der Waals surface area contributed by atoms with E-state index in [9.17, 15) is 0 Å². The van der Waals surface area contributed by atoms with E-state index in [-0.39, 0.29) is 0 Å². The maximum Gasteiger partial charge on any atom is 0.0795 e. The Morgan fingerprint density at radius 3 is 2.25 bits per heavy atom. The second-order valence-electron chi connectivity index (χ2n) is 8.50. The summed E-state index contributed by atoms with van der Waals surface area (Å²) in [6, 6.07) is 30.1. The highest BCUT2D eigenvalue weighted by molar-refractivity contribution is 6.08. The third-order valence-electron chi connectivity index (χ3n) is 6.61. The van der Waals surface area contributed by atoms with Crippen LogP contribution >= 0.6 is 0 Å². The number of nitrogens with zero attached hydrogens (tertiary/aromatic N) is 2. The fraction of sp³-hybridized carbons (Fsp3) is 0.133. The number of benzene rings is 4. The van der Waals surface area contributed by atoms with Crippen molar-refractivity contribution in [2.24, 2.45) is 0 Å². The molecule has 7 rings (SSSR count). The monoisotopic (exact) mass is 412 g/mol. The summed E-state index contributed by atoms with van der Waals surface area (Å²) in [5, 5.41) is 7.92. The van der Waals surface area contributed by atoms with Crippen LogP contribution in [0.25, 0.3) is 43.4 Å². The summed E-state index contributed by atoms with van der Waals surface area (Å²) in [5.41, 5.74) is 5.20. The molecule has 6 aromatic rings. The molecule has 0 radical (unpaired) electrons. The second-order valence-corrected chi connectivity index (χ2v) is 8.50. The van der Waals surface area contributed by atoms with E-state index in [1.54, 1.807) is 17.3 Å². The van der Waals surface area contributed by atoms with Gasteiger partial charge in [-0.2, -0.15) is 0 Å². The fourth-order valence-electron chi connectivity index (χ4n) is 5.04. The molecule has 2 aromatic heterocycles. The Kier molecular flexibility index (Phi) is 4.77. The summed E-state index contributed by atoms with van der Waals surface area (Å²) < 4.78 is 0. The molecule has 32 heavy (non-hydrogen) atoms. The molecule has 4 aromatic carbocycles. The molecular formula is C30H24N2. The van der Waals surface area contributed by atoms with Gasteiger partial charge in [0.05, 0.1) is 11.0 Å². The van der Waals surface area contributed by atoms with Crippen LogP contribution in [0.2, 0.25) is 0 Å². The molecule has 0 fully saturated rings. The van der Waals surface area contributed by atoms with Crippen LogP contribution < -0.4 is 0 Å². The first kappa shape index (κ1) is 18.9. The smallest absolute Gasteiger partial charge is 0.0795 e. The van der Waals surface area contributed by atoms with Gasteiger partial charge in [0.1, 0.15) is 0 Å². The van der Waals surface area contributed by atoms with Gasteiger partial charge in [0.25, 0.3) is 0 Å². The molecule has 0 aliphatic heterocycles. The number of hydrogen-bond acceptors (Lipinski definition) is 2. The van der Waals surface area contributed by atoms with E-state index in [0.29, 0.717) is 0 Å². The Morgan fingerprint density at radius 2 is 1.25 bits per heavy atom. The van der Waals surface area contributed by atoms with Crippen LogP contribution in [0.1, 0.15) is 24.0 Å². The van der Waals surface area contributed by atoms with Gasteiger partial charge in [-0.1, -0.05) is 60.7 Å². The molecule has 0 bridgehead atoms. The Labute approximate surface area is 187 Å². The number of rotatable bonds is 0. The van der Waals surface area contributed by atoms with Gasteiger partial charge >= 0.3 is 0 Å². The highest BCUT2D eigenvalue weighted by atomic mass is 14.7. The van der Waals surface area contributed by atoms with E-state index in [0.717, 1.165) is 21.8 Å². The molecule has 0 saturated carbocycles. The van der Waals surface area contributed by atoms with E-state index in [2.05, 4.69) is 76.7 Å². The zero-order valence-corrected chi connectivity index (χ0v) is 18.0. The molecule has 154 valence electrons. The first-order valence-electron chi connectivity index (χ1n) is 11.4. The molecule has 2 heteroatoms. The van der Waals surface area contributed by atoms with Crippen molar-refractivity contribution in [2.75, 3.05) is 0 Å². The number of pyridine rings is 2. The molecule has 2 heterocycles. The van der Waals surface area contributed by atoms with Crippen LogP contribution in [-0.2, 0) is 12.8 Å². The topological polar surface area (TPSA) is 25.8 Å². The van der Waals surface area contributed by atoms with Crippen LogP contribution in [0.4, 0.5) is 0 Å². The Hall–Kier alpha value is -3.78. The lowest BCUT2D eigenvalue weighted by Crippen LogP contribution is -2.02. The van der Waals surface area contributed by atoms with Crippen molar-refractivity contribution in [1.29, 1.82) is 0 Å². The minimum absolute atomic E-state index is 0.999. The molecule has 2 nitrogen and oxygen atoms in total. The zero-order valence-electron chi connectivity index (χ0n) is 18.0. The maximum atomic E-state index is 4.37. The van der Waals surface area contributed by atoms with Crippen LogP contribution in [0, 0.1) is 0 Å². The van der Waals surface area contributed by atoms with Crippen molar-refractivity contribution < 1.29 is 0 Å². The highest BCUT2D eigenvalue weighted by Crippen LogP contribution is 2.33. The quantitative estimate of drug-likeness (QED) is 0.239. The Morgan fingerprint density at radius 1 is 0.500 bits per heavy atom. The fourth-order valence-corrected chi connectivity index (χ4v) is 5.04. The van der Waals surface area contributed by atoms with Crippen LogP contribution in [0.3, 0.4) is 0 Å². The van der Waals surface area contributed by atoms with Crippen molar-refractivity contribution in [2.45, 2.75) is 25.7 Å². The van der Waals surface area contributed by atoms with Crippen molar-refractivity contribution >= 4 is 43.4 Å². The van der Waals surface area contributed by atoms with E-state index in [4.69, 9.17) is 0 Å². The predicted octanol–water partition coefficient (Wildman–Crippen LogP) is 7.65. The van der Waals surface area contributed by atoms with E-state index < -0.39 is 0 Å². The normalized spacial score (nSPS) is 13.1. The Balaban J connectivity index is 0.000000126.